The minimum atomic E-state index is -0.151. The number of hydrogen-bond acceptors (Lipinski definition) is 2. The summed E-state index contributed by atoms with van der Waals surface area (Å²) >= 11 is 0. The summed E-state index contributed by atoms with van der Waals surface area (Å²) in [7, 11) is 0. The molecule has 0 spiro atoms. The van der Waals surface area contributed by atoms with Gasteiger partial charge in [0.25, 0.3) is 0 Å². The van der Waals surface area contributed by atoms with Crippen LogP contribution in [-0.4, -0.2) is 10.2 Å². The third-order valence-corrected chi connectivity index (χ3v) is 3.18. The first-order valence-corrected chi connectivity index (χ1v) is 5.59. The van der Waals surface area contributed by atoms with Crippen LogP contribution in [0.1, 0.15) is 25.0 Å². The van der Waals surface area contributed by atoms with Crippen molar-refractivity contribution in [2.75, 3.05) is 0 Å². The number of rotatable bonds is 2. The third-order valence-electron chi connectivity index (χ3n) is 3.18. The van der Waals surface area contributed by atoms with Crippen LogP contribution in [0.4, 0.5) is 0 Å². The highest BCUT2D eigenvalue weighted by molar-refractivity contribution is 5.41. The maximum Gasteiger partial charge on any atom is 0.115 e. The van der Waals surface area contributed by atoms with Gasteiger partial charge in [0.05, 0.1) is 0 Å². The second-order valence-corrected chi connectivity index (χ2v) is 4.72. The highest BCUT2D eigenvalue weighted by Gasteiger charge is 2.22. The van der Waals surface area contributed by atoms with Gasteiger partial charge in [0, 0.05) is 5.41 Å². The lowest BCUT2D eigenvalue weighted by Crippen LogP contribution is -2.18. The summed E-state index contributed by atoms with van der Waals surface area (Å²) < 4.78 is 0. The summed E-state index contributed by atoms with van der Waals surface area (Å²) in [6.45, 7) is 4.23. The van der Waals surface area contributed by atoms with Crippen LogP contribution in [0, 0.1) is 0 Å². The first-order chi connectivity index (χ1) is 8.00. The molecule has 2 nitrogen and oxygen atoms in total. The molecule has 0 bridgehead atoms. The van der Waals surface area contributed by atoms with Crippen molar-refractivity contribution >= 4 is 0 Å². The van der Waals surface area contributed by atoms with Crippen LogP contribution in [-0.2, 0) is 5.41 Å². The smallest absolute Gasteiger partial charge is 0.115 e. The second kappa shape index (κ2) is 4.13. The highest BCUT2D eigenvalue weighted by Crippen LogP contribution is 2.32. The molecule has 0 atom stereocenters. The van der Waals surface area contributed by atoms with Crippen molar-refractivity contribution in [3.8, 4) is 11.5 Å². The summed E-state index contributed by atoms with van der Waals surface area (Å²) in [5, 5.41) is 18.6. The molecule has 2 N–H and O–H groups in total. The molecule has 0 amide bonds. The van der Waals surface area contributed by atoms with Gasteiger partial charge in [-0.3, -0.25) is 0 Å². The zero-order valence-electron chi connectivity index (χ0n) is 10.0. The SMILES string of the molecule is CC(C)([13c]1ccc(O)[13cH]c1)[13c]1ccc(O)[13cH]c1. The Bertz CT molecular complexity index is 448. The van der Waals surface area contributed by atoms with Gasteiger partial charge >= 0.3 is 0 Å². The molecule has 2 aromatic carbocycles. The Morgan fingerprint density at radius 2 is 0.941 bits per heavy atom. The van der Waals surface area contributed by atoms with Crippen molar-refractivity contribution in [1.82, 2.24) is 0 Å². The van der Waals surface area contributed by atoms with E-state index in [1.807, 2.05) is 24.3 Å². The van der Waals surface area contributed by atoms with E-state index in [0.717, 1.165) is 11.1 Å². The van der Waals surface area contributed by atoms with E-state index in [9.17, 15) is 10.2 Å². The van der Waals surface area contributed by atoms with Gasteiger partial charge < -0.3 is 10.2 Å². The minimum absolute atomic E-state index is 0.151. The fourth-order valence-corrected chi connectivity index (χ4v) is 1.92. The molecule has 88 valence electrons. The lowest BCUT2D eigenvalue weighted by molar-refractivity contribution is 0.474. The molecule has 2 aromatic rings. The minimum Gasteiger partial charge on any atom is -0.508 e. The molecule has 0 aliphatic carbocycles. The van der Waals surface area contributed by atoms with Crippen LogP contribution in [0.25, 0.3) is 0 Å². The summed E-state index contributed by atoms with van der Waals surface area (Å²) in [6.07, 6.45) is 0. The van der Waals surface area contributed by atoms with Gasteiger partial charge in [-0.1, -0.05) is 38.1 Å². The van der Waals surface area contributed by atoms with Gasteiger partial charge in [-0.05, 0) is 35.4 Å². The van der Waals surface area contributed by atoms with Gasteiger partial charge in [0.2, 0.25) is 0 Å². The average Bonchev–Trinajstić information content (AvgIpc) is 2.30. The molecule has 0 aromatic heterocycles. The molecule has 0 aliphatic rings. The Balaban J connectivity index is 2.41. The number of hydrogen-bond donors (Lipinski definition) is 2. The van der Waals surface area contributed by atoms with Gasteiger partial charge in [-0.15, -0.1) is 0 Å². The molecule has 0 fully saturated rings. The molecular weight excluding hydrogens is 216 g/mol. The monoisotopic (exact) mass is 232 g/mol. The van der Waals surface area contributed by atoms with Gasteiger partial charge in [0.15, 0.2) is 0 Å². The first kappa shape index (κ1) is 11.5. The van der Waals surface area contributed by atoms with Crippen molar-refractivity contribution in [3.05, 3.63) is 59.7 Å². The van der Waals surface area contributed by atoms with Crippen molar-refractivity contribution in [1.29, 1.82) is 0 Å². The molecule has 2 rings (SSSR count). The van der Waals surface area contributed by atoms with E-state index in [1.165, 1.54) is 0 Å². The third kappa shape index (κ3) is 2.26. The van der Waals surface area contributed by atoms with Crippen LogP contribution < -0.4 is 0 Å². The van der Waals surface area contributed by atoms with Crippen LogP contribution >= 0.6 is 0 Å². The number of aromatic hydroxyl groups is 2. The second-order valence-electron chi connectivity index (χ2n) is 4.72. The highest BCUT2D eigenvalue weighted by atomic mass is 16.3. The maximum absolute atomic E-state index is 9.30. The van der Waals surface area contributed by atoms with E-state index in [0.29, 0.717) is 0 Å². The van der Waals surface area contributed by atoms with Crippen LogP contribution in [0.5, 0.6) is 11.5 Å². The van der Waals surface area contributed by atoms with Gasteiger partial charge in [-0.25, -0.2) is 0 Å². The van der Waals surface area contributed by atoms with E-state index in [2.05, 4.69) is 13.8 Å². The maximum atomic E-state index is 9.30. The number of phenolic OH excluding ortho intramolecular Hbond substituents is 2. The Morgan fingerprint density at radius 3 is 1.24 bits per heavy atom. The molecule has 2 heteroatoms. The Labute approximate surface area is 101 Å². The van der Waals surface area contributed by atoms with E-state index >= 15 is 0 Å². The van der Waals surface area contributed by atoms with Crippen molar-refractivity contribution in [3.63, 3.8) is 0 Å². The molecular formula is C15H16O2. The molecule has 0 radical (unpaired) electrons. The van der Waals surface area contributed by atoms with Gasteiger partial charge in [-0.2, -0.15) is 0 Å². The zero-order chi connectivity index (χ0) is 12.5. The molecule has 0 saturated heterocycles. The fraction of sp³-hybridized carbons (Fsp3) is 0.200. The topological polar surface area (TPSA) is 40.5 Å². The largest absolute Gasteiger partial charge is 0.508 e. The normalized spacial score (nSPS) is 11.4. The predicted octanol–water partition coefficient (Wildman–Crippen LogP) is 3.42. The number of phenols is 2. The quantitative estimate of drug-likeness (QED) is 0.832. The van der Waals surface area contributed by atoms with Crippen LogP contribution in [0.15, 0.2) is 48.5 Å². The summed E-state index contributed by atoms with van der Waals surface area (Å²) in [5.41, 5.74) is 2.10. The summed E-state index contributed by atoms with van der Waals surface area (Å²) in [4.78, 5) is 0. The van der Waals surface area contributed by atoms with E-state index < -0.39 is 0 Å². The average molecular weight is 232 g/mol. The predicted molar refractivity (Wildman–Crippen MR) is 68.3 cm³/mol. The van der Waals surface area contributed by atoms with Crippen molar-refractivity contribution < 1.29 is 10.2 Å². The standard InChI is InChI=1S/C15H16O2/c1-15(2,11-3-7-13(16)8-4-11)12-5-9-14(17)10-6-12/h3-10,16-17H,1-2H3/i7+1,9+1,11+1,12+1. The first-order valence-electron chi connectivity index (χ1n) is 5.59. The lowest BCUT2D eigenvalue weighted by Gasteiger charge is -2.26. The van der Waals surface area contributed by atoms with E-state index in [-0.39, 0.29) is 16.9 Å². The zero-order valence-corrected chi connectivity index (χ0v) is 10.0. The van der Waals surface area contributed by atoms with Gasteiger partial charge in [0.1, 0.15) is 11.5 Å². The van der Waals surface area contributed by atoms with Crippen LogP contribution in [0.3, 0.4) is 0 Å². The van der Waals surface area contributed by atoms with Crippen LogP contribution in [0.2, 0.25) is 0 Å². The lowest BCUT2D eigenvalue weighted by atomic mass is 10.0. The fourth-order valence-electron chi connectivity index (χ4n) is 1.92. The van der Waals surface area contributed by atoms with Crippen molar-refractivity contribution in [2.45, 2.75) is 19.3 Å². The molecule has 0 heterocycles. The Morgan fingerprint density at radius 1 is 0.647 bits per heavy atom. The Hall–Kier alpha value is -1.96. The Kier molecular flexibility index (Phi) is 2.80. The summed E-state index contributed by atoms with van der Waals surface area (Å²) in [6, 6.07) is 14.4. The molecule has 0 unspecified atom stereocenters. The molecule has 0 saturated carbocycles. The van der Waals surface area contributed by atoms with Crippen molar-refractivity contribution in [2.24, 2.45) is 0 Å². The summed E-state index contributed by atoms with van der Waals surface area (Å²) in [5.74, 6) is 0.547. The van der Waals surface area contributed by atoms with E-state index in [4.69, 9.17) is 0 Å². The molecule has 17 heavy (non-hydrogen) atoms. The molecule has 0 aliphatic heterocycles. The van der Waals surface area contributed by atoms with E-state index in [1.54, 1.807) is 24.3 Å². The number of benzene rings is 2.